The lowest BCUT2D eigenvalue weighted by molar-refractivity contribution is 0.961. The molecule has 0 spiro atoms. The minimum atomic E-state index is 0.879. The van der Waals surface area contributed by atoms with Gasteiger partial charge in [-0.3, -0.25) is 4.98 Å². The highest BCUT2D eigenvalue weighted by Crippen LogP contribution is 2.34. The van der Waals surface area contributed by atoms with Crippen LogP contribution in [0.15, 0.2) is 73.3 Å². The van der Waals surface area contributed by atoms with Gasteiger partial charge in [0.1, 0.15) is 11.3 Å². The van der Waals surface area contributed by atoms with E-state index in [1.807, 2.05) is 64.6 Å². The molecule has 0 atom stereocenters. The van der Waals surface area contributed by atoms with Crippen molar-refractivity contribution in [3.63, 3.8) is 0 Å². The molecule has 0 aliphatic rings. The van der Waals surface area contributed by atoms with E-state index in [-0.39, 0.29) is 0 Å². The molecule has 0 aliphatic heterocycles. The molecule has 0 N–H and O–H groups in total. The minimum absolute atomic E-state index is 0.879. The number of nitrogens with zero attached hydrogens (tertiary/aromatic N) is 5. The monoisotopic (exact) mass is 325 g/mol. The molecular formula is C20H15N5. The predicted octanol–water partition coefficient (Wildman–Crippen LogP) is 4.02. The second-order valence-electron chi connectivity index (χ2n) is 6.03. The van der Waals surface area contributed by atoms with Crippen LogP contribution in [0, 0.1) is 6.92 Å². The molecule has 0 saturated heterocycles. The summed E-state index contributed by atoms with van der Waals surface area (Å²) in [5, 5.41) is 4.80. The molecule has 5 nitrogen and oxygen atoms in total. The first-order chi connectivity index (χ1) is 12.3. The van der Waals surface area contributed by atoms with Crippen LogP contribution in [0.2, 0.25) is 0 Å². The number of aryl methyl sites for hydroxylation is 1. The predicted molar refractivity (Wildman–Crippen MR) is 97.3 cm³/mol. The molecule has 5 aromatic rings. The van der Waals surface area contributed by atoms with E-state index >= 15 is 0 Å². The fourth-order valence-corrected chi connectivity index (χ4v) is 3.21. The highest BCUT2D eigenvalue weighted by Gasteiger charge is 2.17. The van der Waals surface area contributed by atoms with Crippen LogP contribution in [0.4, 0.5) is 0 Å². The third-order valence-electron chi connectivity index (χ3n) is 4.35. The number of rotatable bonds is 2. The Bertz CT molecular complexity index is 1220. The third kappa shape index (κ3) is 2.21. The number of imidazole rings is 1. The van der Waals surface area contributed by atoms with Crippen molar-refractivity contribution in [3.05, 3.63) is 79.0 Å². The highest BCUT2D eigenvalue weighted by atomic mass is 15.2. The molecule has 0 radical (unpaired) electrons. The van der Waals surface area contributed by atoms with Gasteiger partial charge < -0.3 is 4.40 Å². The molecule has 0 aromatic carbocycles. The van der Waals surface area contributed by atoms with E-state index in [0.29, 0.717) is 0 Å². The Hall–Kier alpha value is -3.47. The maximum absolute atomic E-state index is 4.80. The summed E-state index contributed by atoms with van der Waals surface area (Å²) >= 11 is 0. The fraction of sp³-hybridized carbons (Fsp3) is 0.0500. The second-order valence-corrected chi connectivity index (χ2v) is 6.03. The summed E-state index contributed by atoms with van der Waals surface area (Å²) in [6.07, 6.45) is 7.81. The first-order valence-electron chi connectivity index (χ1n) is 8.14. The topological polar surface area (TPSA) is 47.5 Å². The van der Waals surface area contributed by atoms with Gasteiger partial charge in [-0.2, -0.15) is 5.10 Å². The summed E-state index contributed by atoms with van der Waals surface area (Å²) in [5.41, 5.74) is 6.89. The van der Waals surface area contributed by atoms with Gasteiger partial charge in [0.2, 0.25) is 0 Å². The number of hydrogen-bond donors (Lipinski definition) is 0. The Balaban J connectivity index is 1.84. The van der Waals surface area contributed by atoms with Gasteiger partial charge in [-0.15, -0.1) is 0 Å². The first-order valence-corrected chi connectivity index (χ1v) is 8.14. The van der Waals surface area contributed by atoms with E-state index in [1.165, 1.54) is 0 Å². The highest BCUT2D eigenvalue weighted by molar-refractivity contribution is 5.91. The van der Waals surface area contributed by atoms with Crippen LogP contribution in [0.1, 0.15) is 5.69 Å². The van der Waals surface area contributed by atoms with E-state index < -0.39 is 0 Å². The van der Waals surface area contributed by atoms with Gasteiger partial charge in [-0.25, -0.2) is 9.50 Å². The summed E-state index contributed by atoms with van der Waals surface area (Å²) in [4.78, 5) is 9.01. The summed E-state index contributed by atoms with van der Waals surface area (Å²) in [6, 6.07) is 16.2. The van der Waals surface area contributed by atoms with Crippen LogP contribution in [0.3, 0.4) is 0 Å². The van der Waals surface area contributed by atoms with Crippen LogP contribution < -0.4 is 0 Å². The molecule has 0 fully saturated rings. The zero-order valence-electron chi connectivity index (χ0n) is 13.7. The van der Waals surface area contributed by atoms with Crippen molar-refractivity contribution >= 4 is 11.2 Å². The molecule has 0 saturated carbocycles. The largest absolute Gasteiger partial charge is 0.306 e. The molecule has 5 heteroatoms. The molecule has 0 unspecified atom stereocenters. The molecule has 5 aromatic heterocycles. The molecule has 0 bridgehead atoms. The average Bonchev–Trinajstić information content (AvgIpc) is 3.25. The van der Waals surface area contributed by atoms with Gasteiger partial charge in [0.15, 0.2) is 0 Å². The van der Waals surface area contributed by atoms with Crippen molar-refractivity contribution in [1.82, 2.24) is 24.0 Å². The summed E-state index contributed by atoms with van der Waals surface area (Å²) < 4.78 is 3.93. The Labute approximate surface area is 144 Å². The molecule has 0 aliphatic carbocycles. The van der Waals surface area contributed by atoms with Crippen LogP contribution >= 0.6 is 0 Å². The molecule has 120 valence electrons. The number of fused-ring (bicyclic) bond motifs is 2. The van der Waals surface area contributed by atoms with Crippen LogP contribution in [-0.4, -0.2) is 24.0 Å². The van der Waals surface area contributed by atoms with Crippen molar-refractivity contribution in [2.24, 2.45) is 0 Å². The molecular weight excluding hydrogens is 310 g/mol. The normalized spacial score (nSPS) is 11.4. The van der Waals surface area contributed by atoms with Crippen molar-refractivity contribution in [1.29, 1.82) is 0 Å². The van der Waals surface area contributed by atoms with Crippen molar-refractivity contribution in [2.75, 3.05) is 0 Å². The number of hydrogen-bond acceptors (Lipinski definition) is 3. The van der Waals surface area contributed by atoms with Crippen LogP contribution in [0.5, 0.6) is 0 Å². The van der Waals surface area contributed by atoms with E-state index in [9.17, 15) is 0 Å². The quantitative estimate of drug-likeness (QED) is 0.492. The Morgan fingerprint density at radius 3 is 2.80 bits per heavy atom. The maximum Gasteiger partial charge on any atom is 0.136 e. The lowest BCUT2D eigenvalue weighted by Crippen LogP contribution is -1.90. The van der Waals surface area contributed by atoms with E-state index in [4.69, 9.17) is 5.10 Å². The summed E-state index contributed by atoms with van der Waals surface area (Å²) in [7, 11) is 0. The lowest BCUT2D eigenvalue weighted by atomic mass is 10.0. The summed E-state index contributed by atoms with van der Waals surface area (Å²) in [6.45, 7) is 2.00. The van der Waals surface area contributed by atoms with E-state index in [1.54, 1.807) is 6.20 Å². The van der Waals surface area contributed by atoms with Gasteiger partial charge in [0.05, 0.1) is 11.2 Å². The smallest absolute Gasteiger partial charge is 0.136 e. The average molecular weight is 325 g/mol. The number of pyridine rings is 3. The first kappa shape index (κ1) is 13.9. The van der Waals surface area contributed by atoms with E-state index in [0.717, 1.165) is 39.4 Å². The van der Waals surface area contributed by atoms with Crippen molar-refractivity contribution in [2.45, 2.75) is 6.92 Å². The molecule has 5 heterocycles. The number of aromatic nitrogens is 5. The van der Waals surface area contributed by atoms with Gasteiger partial charge in [-0.1, -0.05) is 12.1 Å². The van der Waals surface area contributed by atoms with E-state index in [2.05, 4.69) is 28.3 Å². The van der Waals surface area contributed by atoms with Gasteiger partial charge >= 0.3 is 0 Å². The fourth-order valence-electron chi connectivity index (χ4n) is 3.21. The summed E-state index contributed by atoms with van der Waals surface area (Å²) in [5.74, 6) is 0. The van der Waals surface area contributed by atoms with Crippen molar-refractivity contribution in [3.8, 4) is 22.5 Å². The standard InChI is InChI=1S/C20H15N5/c1-14-5-4-6-16(22-14)20-19(17-7-2-3-11-25(17)23-20)15-8-9-18-21-10-12-24(18)13-15/h2-13H,1H3. The SMILES string of the molecule is Cc1cccc(-c2nn3ccccc3c2-c2ccc3nccn3c2)n1. The Morgan fingerprint density at radius 2 is 1.88 bits per heavy atom. The molecule has 5 rings (SSSR count). The second kappa shape index (κ2) is 5.27. The zero-order valence-corrected chi connectivity index (χ0v) is 13.7. The maximum atomic E-state index is 4.80. The van der Waals surface area contributed by atoms with Crippen LogP contribution in [0.25, 0.3) is 33.7 Å². The van der Waals surface area contributed by atoms with Crippen molar-refractivity contribution < 1.29 is 0 Å². The van der Waals surface area contributed by atoms with Gasteiger partial charge in [-0.05, 0) is 43.3 Å². The third-order valence-corrected chi connectivity index (χ3v) is 4.35. The zero-order chi connectivity index (χ0) is 16.8. The Morgan fingerprint density at radius 1 is 0.920 bits per heavy atom. The molecule has 0 amide bonds. The van der Waals surface area contributed by atoms with Crippen LogP contribution in [-0.2, 0) is 0 Å². The lowest BCUT2D eigenvalue weighted by Gasteiger charge is -2.05. The van der Waals surface area contributed by atoms with Gasteiger partial charge in [0, 0.05) is 41.6 Å². The Kier molecular flexibility index (Phi) is 2.94. The van der Waals surface area contributed by atoms with Gasteiger partial charge in [0.25, 0.3) is 0 Å². The minimum Gasteiger partial charge on any atom is -0.306 e. The molecule has 25 heavy (non-hydrogen) atoms.